The van der Waals surface area contributed by atoms with Crippen molar-refractivity contribution >= 4 is 23.3 Å². The number of carbonyl (C=O) groups is 2. The van der Waals surface area contributed by atoms with E-state index in [2.05, 4.69) is 10.3 Å². The second-order valence-electron chi connectivity index (χ2n) is 4.33. The van der Waals surface area contributed by atoms with Crippen LogP contribution in [0.25, 0.3) is 0 Å². The van der Waals surface area contributed by atoms with E-state index in [1.54, 1.807) is 22.4 Å². The summed E-state index contributed by atoms with van der Waals surface area (Å²) in [5.41, 5.74) is 0. The summed E-state index contributed by atoms with van der Waals surface area (Å²) < 4.78 is 0. The Morgan fingerprint density at radius 1 is 1.59 bits per heavy atom. The van der Waals surface area contributed by atoms with Gasteiger partial charge in [0.25, 0.3) is 0 Å². The molecule has 1 aliphatic rings. The summed E-state index contributed by atoms with van der Waals surface area (Å²) in [4.78, 5) is 30.1. The molecule has 1 aliphatic heterocycles. The first kappa shape index (κ1) is 12.0. The van der Waals surface area contributed by atoms with Crippen molar-refractivity contribution in [3.8, 4) is 0 Å². The van der Waals surface area contributed by atoms with Gasteiger partial charge in [-0.2, -0.15) is 0 Å². The van der Waals surface area contributed by atoms with Gasteiger partial charge < -0.3 is 4.90 Å². The summed E-state index contributed by atoms with van der Waals surface area (Å²) in [6.07, 6.45) is 1.80. The second kappa shape index (κ2) is 4.44. The Bertz CT molecular complexity index is 457. The van der Waals surface area contributed by atoms with Crippen molar-refractivity contribution in [3.63, 3.8) is 0 Å². The number of hydrogen-bond acceptors (Lipinski definition) is 4. The molecule has 1 saturated heterocycles. The molecule has 17 heavy (non-hydrogen) atoms. The molecule has 2 atom stereocenters. The minimum atomic E-state index is -0.326. The molecule has 1 aromatic heterocycles. The highest BCUT2D eigenvalue weighted by Crippen LogP contribution is 2.26. The summed E-state index contributed by atoms with van der Waals surface area (Å²) in [5, 5.41) is 3.26. The largest absolute Gasteiger partial charge is 0.324 e. The highest BCUT2D eigenvalue weighted by atomic mass is 32.1. The molecule has 1 N–H and O–H groups in total. The van der Waals surface area contributed by atoms with Crippen LogP contribution in [0.4, 0.5) is 4.79 Å². The predicted octanol–water partition coefficient (Wildman–Crippen LogP) is 1.70. The van der Waals surface area contributed by atoms with Crippen LogP contribution in [0.3, 0.4) is 0 Å². The van der Waals surface area contributed by atoms with E-state index in [1.165, 1.54) is 0 Å². The molecule has 2 heterocycles. The third-order valence-electron chi connectivity index (χ3n) is 2.87. The molecule has 3 amide bonds. The van der Waals surface area contributed by atoms with E-state index >= 15 is 0 Å². The van der Waals surface area contributed by atoms with Crippen LogP contribution in [0, 0.1) is 12.8 Å². The van der Waals surface area contributed by atoms with Gasteiger partial charge in [-0.15, -0.1) is 11.3 Å². The molecule has 0 bridgehead atoms. The number of amides is 3. The van der Waals surface area contributed by atoms with E-state index < -0.39 is 0 Å². The lowest BCUT2D eigenvalue weighted by molar-refractivity contribution is -0.125. The third-order valence-corrected chi connectivity index (χ3v) is 3.96. The van der Waals surface area contributed by atoms with Crippen LogP contribution in [-0.2, 0) is 4.79 Å². The predicted molar refractivity (Wildman–Crippen MR) is 64.7 cm³/mol. The number of hydrogen-bond donors (Lipinski definition) is 1. The van der Waals surface area contributed by atoms with Crippen LogP contribution in [0.1, 0.15) is 29.8 Å². The van der Waals surface area contributed by atoms with Crippen molar-refractivity contribution < 1.29 is 9.59 Å². The Hall–Kier alpha value is -1.43. The highest BCUT2D eigenvalue weighted by molar-refractivity contribution is 7.11. The molecule has 92 valence electrons. The summed E-state index contributed by atoms with van der Waals surface area (Å²) in [6, 6.07) is -0.419. The number of aromatic nitrogens is 1. The lowest BCUT2D eigenvalue weighted by Crippen LogP contribution is -2.54. The number of nitrogens with one attached hydrogen (secondary N) is 1. The van der Waals surface area contributed by atoms with Gasteiger partial charge in [0.2, 0.25) is 5.91 Å². The van der Waals surface area contributed by atoms with Crippen molar-refractivity contribution in [1.82, 2.24) is 15.2 Å². The summed E-state index contributed by atoms with van der Waals surface area (Å²) >= 11 is 1.58. The van der Waals surface area contributed by atoms with Gasteiger partial charge >= 0.3 is 6.03 Å². The van der Waals surface area contributed by atoms with Crippen molar-refractivity contribution in [3.05, 3.63) is 16.1 Å². The zero-order valence-corrected chi connectivity index (χ0v) is 10.9. The summed E-state index contributed by atoms with van der Waals surface area (Å²) in [6.45, 7) is 6.18. The fraction of sp³-hybridized carbons (Fsp3) is 0.545. The molecule has 2 unspecified atom stereocenters. The molecular formula is C11H15N3O2S. The molecule has 0 saturated carbocycles. The Morgan fingerprint density at radius 3 is 2.88 bits per heavy atom. The number of aryl methyl sites for hydroxylation is 1. The van der Waals surface area contributed by atoms with Crippen LogP contribution in [-0.4, -0.2) is 28.4 Å². The Balaban J connectivity index is 2.16. The van der Waals surface area contributed by atoms with Crippen molar-refractivity contribution in [2.24, 2.45) is 5.92 Å². The van der Waals surface area contributed by atoms with Gasteiger partial charge in [-0.3, -0.25) is 10.1 Å². The molecule has 2 rings (SSSR count). The van der Waals surface area contributed by atoms with E-state index in [0.717, 1.165) is 9.88 Å². The average molecular weight is 253 g/mol. The number of thiazole rings is 1. The Morgan fingerprint density at radius 2 is 2.29 bits per heavy atom. The fourth-order valence-electron chi connectivity index (χ4n) is 1.79. The van der Waals surface area contributed by atoms with Crippen molar-refractivity contribution in [1.29, 1.82) is 0 Å². The minimum Gasteiger partial charge on any atom is -0.314 e. The first-order chi connectivity index (χ1) is 7.99. The molecule has 6 heteroatoms. The molecule has 0 radical (unpaired) electrons. The van der Waals surface area contributed by atoms with Gasteiger partial charge in [0.1, 0.15) is 5.01 Å². The maximum Gasteiger partial charge on any atom is 0.324 e. The zero-order valence-electron chi connectivity index (χ0n) is 10.1. The standard InChI is InChI=1S/C11H15N3O2S/c1-6-5-14(11(16)13-9(6)15)8(3)10-12-4-7(2)17-10/h4,6,8H,5H2,1-3H3,(H,13,15,16). The van der Waals surface area contributed by atoms with Crippen LogP contribution in [0.5, 0.6) is 0 Å². The minimum absolute atomic E-state index is 0.0933. The van der Waals surface area contributed by atoms with Crippen molar-refractivity contribution in [2.45, 2.75) is 26.8 Å². The fourth-order valence-corrected chi connectivity index (χ4v) is 2.63. The van der Waals surface area contributed by atoms with Crippen LogP contribution >= 0.6 is 11.3 Å². The molecule has 0 spiro atoms. The Labute approximate surface area is 104 Å². The number of imide groups is 1. The van der Waals surface area contributed by atoms with Crippen LogP contribution in [0.15, 0.2) is 6.20 Å². The van der Waals surface area contributed by atoms with Gasteiger partial charge in [-0.05, 0) is 13.8 Å². The third kappa shape index (κ3) is 2.31. The van der Waals surface area contributed by atoms with Crippen LogP contribution < -0.4 is 5.32 Å². The average Bonchev–Trinajstić information content (AvgIpc) is 2.69. The molecule has 5 nitrogen and oxygen atoms in total. The van der Waals surface area contributed by atoms with Gasteiger partial charge in [0.15, 0.2) is 0 Å². The lowest BCUT2D eigenvalue weighted by Gasteiger charge is -2.34. The summed E-state index contributed by atoms with van der Waals surface area (Å²) in [7, 11) is 0. The molecule has 0 aliphatic carbocycles. The SMILES string of the molecule is Cc1cnc(C(C)N2CC(C)C(=O)NC2=O)s1. The van der Waals surface area contributed by atoms with Crippen molar-refractivity contribution in [2.75, 3.05) is 6.54 Å². The van der Waals surface area contributed by atoms with E-state index in [-0.39, 0.29) is 23.9 Å². The smallest absolute Gasteiger partial charge is 0.314 e. The van der Waals surface area contributed by atoms with E-state index in [0.29, 0.717) is 6.54 Å². The molecular weight excluding hydrogens is 238 g/mol. The Kier molecular flexibility index (Phi) is 3.15. The second-order valence-corrected chi connectivity index (χ2v) is 5.60. The van der Waals surface area contributed by atoms with Gasteiger partial charge in [0.05, 0.1) is 12.0 Å². The molecule has 1 fully saturated rings. The number of urea groups is 1. The molecule has 0 aromatic carbocycles. The zero-order chi connectivity index (χ0) is 12.6. The monoisotopic (exact) mass is 253 g/mol. The maximum absolute atomic E-state index is 11.7. The van der Waals surface area contributed by atoms with E-state index in [1.807, 2.05) is 20.8 Å². The van der Waals surface area contributed by atoms with E-state index in [4.69, 9.17) is 0 Å². The lowest BCUT2D eigenvalue weighted by atomic mass is 10.1. The maximum atomic E-state index is 11.7. The quantitative estimate of drug-likeness (QED) is 0.872. The van der Waals surface area contributed by atoms with Gasteiger partial charge in [-0.25, -0.2) is 9.78 Å². The first-order valence-electron chi connectivity index (χ1n) is 5.53. The first-order valence-corrected chi connectivity index (χ1v) is 6.34. The number of nitrogens with zero attached hydrogens (tertiary/aromatic N) is 2. The van der Waals surface area contributed by atoms with Gasteiger partial charge in [-0.1, -0.05) is 6.92 Å². The normalized spacial score (nSPS) is 22.5. The topological polar surface area (TPSA) is 62.3 Å². The van der Waals surface area contributed by atoms with E-state index in [9.17, 15) is 9.59 Å². The number of carbonyl (C=O) groups excluding carboxylic acids is 2. The van der Waals surface area contributed by atoms with Crippen LogP contribution in [0.2, 0.25) is 0 Å². The molecule has 1 aromatic rings. The number of rotatable bonds is 2. The summed E-state index contributed by atoms with van der Waals surface area (Å²) in [5.74, 6) is -0.370. The van der Waals surface area contributed by atoms with Gasteiger partial charge in [0, 0.05) is 17.6 Å². The highest BCUT2D eigenvalue weighted by Gasteiger charge is 2.33.